The highest BCUT2D eigenvalue weighted by atomic mass is 16.5. The number of hydrogen-bond donors (Lipinski definition) is 1. The number of hydrogen-bond acceptors (Lipinski definition) is 2. The second-order valence-electron chi connectivity index (χ2n) is 5.59. The zero-order valence-corrected chi connectivity index (χ0v) is 12.1. The summed E-state index contributed by atoms with van der Waals surface area (Å²) in [6.45, 7) is 15.2. The van der Waals surface area contributed by atoms with E-state index < -0.39 is 0 Å². The molecular weight excluding hydrogens is 198 g/mol. The topological polar surface area (TPSA) is 21.3 Å². The lowest BCUT2D eigenvalue weighted by atomic mass is 9.83. The molecule has 0 spiro atoms. The molecule has 0 aliphatic carbocycles. The van der Waals surface area contributed by atoms with Crippen LogP contribution in [0.15, 0.2) is 0 Å². The first-order valence-electron chi connectivity index (χ1n) is 6.82. The largest absolute Gasteiger partial charge is 0.376 e. The van der Waals surface area contributed by atoms with E-state index >= 15 is 0 Å². The van der Waals surface area contributed by atoms with Crippen LogP contribution in [0.5, 0.6) is 0 Å². The molecule has 0 saturated carbocycles. The van der Waals surface area contributed by atoms with Gasteiger partial charge in [0.05, 0.1) is 6.10 Å². The van der Waals surface area contributed by atoms with E-state index in [0.29, 0.717) is 12.1 Å². The maximum atomic E-state index is 5.96. The summed E-state index contributed by atoms with van der Waals surface area (Å²) in [5, 5.41) is 3.64. The quantitative estimate of drug-likeness (QED) is 0.686. The Balaban J connectivity index is 4.51. The first-order chi connectivity index (χ1) is 7.47. The average Bonchev–Trinajstić information content (AvgIpc) is 2.19. The molecule has 2 heteroatoms. The standard InChI is InChI=1S/C14H31NO/c1-7-10-12(15-11-8-2)13(16-9-3)14(4,5)6/h12-13,15H,7-11H2,1-6H3. The summed E-state index contributed by atoms with van der Waals surface area (Å²) in [5.41, 5.74) is 0.205. The molecule has 0 bridgehead atoms. The summed E-state index contributed by atoms with van der Waals surface area (Å²) < 4.78 is 5.96. The number of ether oxygens (including phenoxy) is 1. The van der Waals surface area contributed by atoms with Gasteiger partial charge < -0.3 is 10.1 Å². The summed E-state index contributed by atoms with van der Waals surface area (Å²) in [5.74, 6) is 0. The summed E-state index contributed by atoms with van der Waals surface area (Å²) in [4.78, 5) is 0. The molecule has 0 rings (SSSR count). The fourth-order valence-corrected chi connectivity index (χ4v) is 2.15. The molecule has 2 unspecified atom stereocenters. The monoisotopic (exact) mass is 229 g/mol. The molecule has 0 heterocycles. The highest BCUT2D eigenvalue weighted by Crippen LogP contribution is 2.27. The molecule has 0 aliphatic heterocycles. The van der Waals surface area contributed by atoms with Gasteiger partial charge in [-0.25, -0.2) is 0 Å². The second kappa shape index (κ2) is 8.08. The highest BCUT2D eigenvalue weighted by Gasteiger charge is 2.31. The van der Waals surface area contributed by atoms with Crippen molar-refractivity contribution >= 4 is 0 Å². The van der Waals surface area contributed by atoms with Crippen molar-refractivity contribution in [1.82, 2.24) is 5.32 Å². The van der Waals surface area contributed by atoms with Gasteiger partial charge in [-0.05, 0) is 31.7 Å². The molecule has 2 nitrogen and oxygen atoms in total. The molecule has 0 aliphatic rings. The van der Waals surface area contributed by atoms with Crippen LogP contribution in [0.4, 0.5) is 0 Å². The van der Waals surface area contributed by atoms with E-state index in [2.05, 4.69) is 46.9 Å². The van der Waals surface area contributed by atoms with Crippen LogP contribution in [0.25, 0.3) is 0 Å². The van der Waals surface area contributed by atoms with Crippen molar-refractivity contribution in [3.05, 3.63) is 0 Å². The summed E-state index contributed by atoms with van der Waals surface area (Å²) in [6, 6.07) is 0.491. The van der Waals surface area contributed by atoms with Crippen molar-refractivity contribution in [2.45, 2.75) is 73.0 Å². The van der Waals surface area contributed by atoms with Gasteiger partial charge >= 0.3 is 0 Å². The Morgan fingerprint density at radius 1 is 1.06 bits per heavy atom. The SMILES string of the molecule is CCCNC(CCC)C(OCC)C(C)(C)C. The third kappa shape index (κ3) is 5.86. The summed E-state index contributed by atoms with van der Waals surface area (Å²) in [6.07, 6.45) is 3.90. The molecule has 2 atom stereocenters. The minimum absolute atomic E-state index is 0.205. The third-order valence-corrected chi connectivity index (χ3v) is 2.82. The van der Waals surface area contributed by atoms with Gasteiger partial charge in [0, 0.05) is 12.6 Å². The molecular formula is C14H31NO. The highest BCUT2D eigenvalue weighted by molar-refractivity contribution is 4.86. The molecule has 0 fully saturated rings. The minimum Gasteiger partial charge on any atom is -0.376 e. The van der Waals surface area contributed by atoms with E-state index in [1.54, 1.807) is 0 Å². The van der Waals surface area contributed by atoms with Crippen LogP contribution in [0.1, 0.15) is 60.8 Å². The van der Waals surface area contributed by atoms with Gasteiger partial charge in [-0.2, -0.15) is 0 Å². The van der Waals surface area contributed by atoms with E-state index in [-0.39, 0.29) is 5.41 Å². The van der Waals surface area contributed by atoms with Gasteiger partial charge in [0.2, 0.25) is 0 Å². The van der Waals surface area contributed by atoms with Gasteiger partial charge in [0.1, 0.15) is 0 Å². The van der Waals surface area contributed by atoms with E-state index in [9.17, 15) is 0 Å². The van der Waals surface area contributed by atoms with Crippen molar-refractivity contribution < 1.29 is 4.74 Å². The zero-order valence-electron chi connectivity index (χ0n) is 12.1. The van der Waals surface area contributed by atoms with Crippen molar-refractivity contribution in [2.24, 2.45) is 5.41 Å². The molecule has 98 valence electrons. The maximum absolute atomic E-state index is 5.96. The number of rotatable bonds is 8. The van der Waals surface area contributed by atoms with Gasteiger partial charge in [-0.1, -0.05) is 41.0 Å². The van der Waals surface area contributed by atoms with Crippen LogP contribution in [-0.2, 0) is 4.74 Å². The predicted molar refractivity (Wildman–Crippen MR) is 71.9 cm³/mol. The lowest BCUT2D eigenvalue weighted by molar-refractivity contribution is -0.0374. The molecule has 0 aromatic rings. The van der Waals surface area contributed by atoms with Crippen LogP contribution in [0, 0.1) is 5.41 Å². The van der Waals surface area contributed by atoms with Crippen molar-refractivity contribution in [3.63, 3.8) is 0 Å². The van der Waals surface area contributed by atoms with Crippen molar-refractivity contribution in [1.29, 1.82) is 0 Å². The Morgan fingerprint density at radius 3 is 2.06 bits per heavy atom. The molecule has 0 amide bonds. The Kier molecular flexibility index (Phi) is 8.04. The smallest absolute Gasteiger partial charge is 0.0775 e. The Morgan fingerprint density at radius 2 is 1.69 bits per heavy atom. The van der Waals surface area contributed by atoms with Gasteiger partial charge in [0.15, 0.2) is 0 Å². The minimum atomic E-state index is 0.205. The van der Waals surface area contributed by atoms with Crippen molar-refractivity contribution in [2.75, 3.05) is 13.2 Å². The molecule has 0 aromatic heterocycles. The van der Waals surface area contributed by atoms with Crippen LogP contribution in [-0.4, -0.2) is 25.3 Å². The van der Waals surface area contributed by atoms with Gasteiger partial charge in [0.25, 0.3) is 0 Å². The normalized spacial score (nSPS) is 16.1. The predicted octanol–water partition coefficient (Wildman–Crippen LogP) is 3.61. The molecule has 1 N–H and O–H groups in total. The van der Waals surface area contributed by atoms with Crippen LogP contribution in [0.3, 0.4) is 0 Å². The molecule has 0 aromatic carbocycles. The zero-order chi connectivity index (χ0) is 12.6. The lowest BCUT2D eigenvalue weighted by Gasteiger charge is -2.37. The lowest BCUT2D eigenvalue weighted by Crippen LogP contribution is -2.48. The van der Waals surface area contributed by atoms with E-state index in [4.69, 9.17) is 4.74 Å². The molecule has 16 heavy (non-hydrogen) atoms. The second-order valence-corrected chi connectivity index (χ2v) is 5.59. The first-order valence-corrected chi connectivity index (χ1v) is 6.82. The maximum Gasteiger partial charge on any atom is 0.0775 e. The van der Waals surface area contributed by atoms with Crippen LogP contribution in [0.2, 0.25) is 0 Å². The van der Waals surface area contributed by atoms with Gasteiger partial charge in [-0.15, -0.1) is 0 Å². The summed E-state index contributed by atoms with van der Waals surface area (Å²) >= 11 is 0. The van der Waals surface area contributed by atoms with E-state index in [0.717, 1.165) is 13.2 Å². The molecule has 0 radical (unpaired) electrons. The Hall–Kier alpha value is -0.0800. The third-order valence-electron chi connectivity index (χ3n) is 2.82. The summed E-state index contributed by atoms with van der Waals surface area (Å²) in [7, 11) is 0. The Bertz CT molecular complexity index is 163. The van der Waals surface area contributed by atoms with E-state index in [1.165, 1.54) is 19.3 Å². The van der Waals surface area contributed by atoms with Crippen LogP contribution >= 0.6 is 0 Å². The van der Waals surface area contributed by atoms with Crippen LogP contribution < -0.4 is 5.32 Å². The van der Waals surface area contributed by atoms with E-state index in [1.807, 2.05) is 0 Å². The fraction of sp³-hybridized carbons (Fsp3) is 1.00. The van der Waals surface area contributed by atoms with Gasteiger partial charge in [-0.3, -0.25) is 0 Å². The average molecular weight is 229 g/mol. The molecule has 0 saturated heterocycles. The Labute approximate surface area is 102 Å². The number of nitrogens with one attached hydrogen (secondary N) is 1. The first kappa shape index (κ1) is 15.9. The fourth-order valence-electron chi connectivity index (χ4n) is 2.15. The van der Waals surface area contributed by atoms with Crippen molar-refractivity contribution in [3.8, 4) is 0 Å².